The van der Waals surface area contributed by atoms with Crippen LogP contribution in [0.1, 0.15) is 23.6 Å². The van der Waals surface area contributed by atoms with Crippen molar-refractivity contribution >= 4 is 55.7 Å². The normalized spacial score (nSPS) is 15.6. The van der Waals surface area contributed by atoms with Gasteiger partial charge in [-0.15, -0.1) is 0 Å². The lowest BCUT2D eigenvalue weighted by molar-refractivity contribution is 0.709. The third kappa shape index (κ3) is 3.63. The number of para-hydroxylation sites is 3. The quantitative estimate of drug-likeness (QED) is 0.182. The number of fused-ring (bicyclic) bond motifs is 9. The largest absolute Gasteiger partial charge is 0.310 e. The fraction of sp³-hybridized carbons (Fsp3) is 0.0435. The molecule has 0 N–H and O–H groups in total. The lowest BCUT2D eigenvalue weighted by Gasteiger charge is -2.43. The average molecular weight is 613 g/mol. The van der Waals surface area contributed by atoms with Crippen LogP contribution in [0.15, 0.2) is 176 Å². The monoisotopic (exact) mass is 612 g/mol. The number of anilines is 6. The summed E-state index contributed by atoms with van der Waals surface area (Å²) in [4.78, 5) is 4.91. The van der Waals surface area contributed by atoms with Gasteiger partial charge < -0.3 is 9.80 Å². The molecule has 0 spiro atoms. The third-order valence-electron chi connectivity index (χ3n) is 10.5. The lowest BCUT2D eigenvalue weighted by atomic mass is 9.68. The van der Waals surface area contributed by atoms with Gasteiger partial charge in [-0.05, 0) is 105 Å². The van der Waals surface area contributed by atoms with E-state index in [0.29, 0.717) is 0 Å². The molecule has 0 fully saturated rings. The zero-order chi connectivity index (χ0) is 31.8. The minimum absolute atomic E-state index is 0.367. The maximum absolute atomic E-state index is 2.49. The van der Waals surface area contributed by atoms with E-state index in [0.717, 1.165) is 11.4 Å². The van der Waals surface area contributed by atoms with E-state index in [1.807, 2.05) is 0 Å². The molecular formula is C46H32N2. The molecule has 1 heterocycles. The Morgan fingerprint density at radius 2 is 1.08 bits per heavy atom. The van der Waals surface area contributed by atoms with E-state index < -0.39 is 0 Å². The molecule has 226 valence electrons. The first kappa shape index (κ1) is 27.0. The van der Waals surface area contributed by atoms with Crippen molar-refractivity contribution in [3.63, 3.8) is 0 Å². The highest BCUT2D eigenvalue weighted by atomic mass is 15.2. The van der Waals surface area contributed by atoms with Gasteiger partial charge in [0, 0.05) is 27.9 Å². The van der Waals surface area contributed by atoms with Gasteiger partial charge in [0.25, 0.3) is 0 Å². The number of nitrogens with zero attached hydrogens (tertiary/aromatic N) is 2. The van der Waals surface area contributed by atoms with Gasteiger partial charge >= 0.3 is 0 Å². The highest BCUT2D eigenvalue weighted by molar-refractivity contribution is 6.19. The summed E-state index contributed by atoms with van der Waals surface area (Å²) in [7, 11) is 0. The highest BCUT2D eigenvalue weighted by Crippen LogP contribution is 2.64. The van der Waals surface area contributed by atoms with Crippen molar-refractivity contribution in [2.75, 3.05) is 9.80 Å². The van der Waals surface area contributed by atoms with Crippen molar-refractivity contribution in [1.29, 1.82) is 0 Å². The van der Waals surface area contributed by atoms with Crippen molar-refractivity contribution in [2.45, 2.75) is 12.3 Å². The molecule has 1 aliphatic heterocycles. The van der Waals surface area contributed by atoms with Gasteiger partial charge in [-0.1, -0.05) is 121 Å². The molecule has 2 nitrogen and oxygen atoms in total. The molecule has 0 radical (unpaired) electrons. The Kier molecular flexibility index (Phi) is 5.74. The molecule has 1 unspecified atom stereocenters. The summed E-state index contributed by atoms with van der Waals surface area (Å²) in [6.07, 6.45) is 0. The Morgan fingerprint density at radius 3 is 1.83 bits per heavy atom. The van der Waals surface area contributed by atoms with Crippen LogP contribution in [0.25, 0.3) is 32.7 Å². The van der Waals surface area contributed by atoms with E-state index in [4.69, 9.17) is 0 Å². The highest BCUT2D eigenvalue weighted by Gasteiger charge is 2.49. The Bertz CT molecular complexity index is 2480. The molecule has 2 aliphatic rings. The molecule has 10 rings (SSSR count). The second-order valence-corrected chi connectivity index (χ2v) is 13.0. The standard InChI is InChI=1S/C46H32N2/c1-46-39-26-14-13-24-36(39)37-25-15-27-40(44(37)46)48(34-21-9-4-10-22-34)41-29-28-38-42(30-31-16-11-12-23-35(31)43(38)45(41)46)47(32-17-5-2-6-18-32)33-19-7-3-8-20-33/h2-30H,1H3. The molecule has 1 atom stereocenters. The summed E-state index contributed by atoms with van der Waals surface area (Å²) >= 11 is 0. The second kappa shape index (κ2) is 10.2. The topological polar surface area (TPSA) is 6.48 Å². The van der Waals surface area contributed by atoms with Gasteiger partial charge in [0.05, 0.1) is 17.1 Å². The Hall–Kier alpha value is -6.12. The molecule has 2 heteroatoms. The van der Waals surface area contributed by atoms with Crippen molar-refractivity contribution in [3.8, 4) is 11.1 Å². The first-order chi connectivity index (χ1) is 23.7. The summed E-state index contributed by atoms with van der Waals surface area (Å²) in [6.45, 7) is 2.47. The molecule has 0 saturated heterocycles. The van der Waals surface area contributed by atoms with Crippen LogP contribution in [0, 0.1) is 0 Å². The molecule has 0 bridgehead atoms. The van der Waals surface area contributed by atoms with Crippen LogP contribution in [-0.2, 0) is 5.41 Å². The SMILES string of the molecule is CC12c3ccccc3-c3cccc(c31)N(c1ccccc1)c1ccc3c(N(c4ccccc4)c4ccccc4)cc4ccccc4c3c12. The van der Waals surface area contributed by atoms with Crippen molar-refractivity contribution < 1.29 is 0 Å². The van der Waals surface area contributed by atoms with Crippen molar-refractivity contribution in [3.05, 3.63) is 193 Å². The third-order valence-corrected chi connectivity index (χ3v) is 10.5. The summed E-state index contributed by atoms with van der Waals surface area (Å²) in [5.74, 6) is 0. The van der Waals surface area contributed by atoms with Crippen LogP contribution in [0.5, 0.6) is 0 Å². The lowest BCUT2D eigenvalue weighted by Crippen LogP contribution is -2.32. The van der Waals surface area contributed by atoms with E-state index >= 15 is 0 Å². The summed E-state index contributed by atoms with van der Waals surface area (Å²) in [5.41, 5.74) is 13.5. The van der Waals surface area contributed by atoms with E-state index in [-0.39, 0.29) is 5.41 Å². The van der Waals surface area contributed by atoms with E-state index in [1.54, 1.807) is 0 Å². The molecule has 8 aromatic carbocycles. The number of hydrogen-bond donors (Lipinski definition) is 0. The van der Waals surface area contributed by atoms with Gasteiger partial charge in [-0.3, -0.25) is 0 Å². The number of rotatable bonds is 4. The number of benzene rings is 8. The number of hydrogen-bond acceptors (Lipinski definition) is 2. The maximum atomic E-state index is 2.49. The molecule has 0 saturated carbocycles. The molecule has 0 aromatic heterocycles. The maximum Gasteiger partial charge on any atom is 0.0546 e. The van der Waals surface area contributed by atoms with Crippen LogP contribution in [0.4, 0.5) is 34.1 Å². The van der Waals surface area contributed by atoms with E-state index in [9.17, 15) is 0 Å². The molecular weight excluding hydrogens is 581 g/mol. The Morgan fingerprint density at radius 1 is 0.479 bits per heavy atom. The Labute approximate surface area is 280 Å². The van der Waals surface area contributed by atoms with Gasteiger partial charge in [0.1, 0.15) is 0 Å². The zero-order valence-corrected chi connectivity index (χ0v) is 26.6. The van der Waals surface area contributed by atoms with Crippen LogP contribution >= 0.6 is 0 Å². The van der Waals surface area contributed by atoms with Gasteiger partial charge in [-0.25, -0.2) is 0 Å². The second-order valence-electron chi connectivity index (χ2n) is 13.0. The van der Waals surface area contributed by atoms with Gasteiger partial charge in [0.2, 0.25) is 0 Å². The van der Waals surface area contributed by atoms with E-state index in [1.165, 1.54) is 72.1 Å². The van der Waals surface area contributed by atoms with Crippen LogP contribution in [-0.4, -0.2) is 0 Å². The molecule has 1 aliphatic carbocycles. The van der Waals surface area contributed by atoms with Crippen molar-refractivity contribution in [2.24, 2.45) is 0 Å². The summed E-state index contributed by atoms with van der Waals surface area (Å²) < 4.78 is 0. The van der Waals surface area contributed by atoms with Gasteiger partial charge in [-0.2, -0.15) is 0 Å². The Balaban J connectivity index is 1.40. The molecule has 8 aromatic rings. The predicted molar refractivity (Wildman–Crippen MR) is 202 cm³/mol. The fourth-order valence-electron chi connectivity index (χ4n) is 8.63. The minimum atomic E-state index is -0.367. The molecule has 0 amide bonds. The van der Waals surface area contributed by atoms with Crippen molar-refractivity contribution in [1.82, 2.24) is 0 Å². The van der Waals surface area contributed by atoms with E-state index in [2.05, 4.69) is 193 Å². The molecule has 48 heavy (non-hydrogen) atoms. The fourth-order valence-corrected chi connectivity index (χ4v) is 8.63. The zero-order valence-electron chi connectivity index (χ0n) is 26.6. The smallest absolute Gasteiger partial charge is 0.0546 e. The first-order valence-electron chi connectivity index (χ1n) is 16.7. The van der Waals surface area contributed by atoms with Crippen LogP contribution < -0.4 is 9.80 Å². The minimum Gasteiger partial charge on any atom is -0.310 e. The average Bonchev–Trinajstić information content (AvgIpc) is 3.42. The summed E-state index contributed by atoms with van der Waals surface area (Å²) in [5, 5.41) is 5.04. The van der Waals surface area contributed by atoms with Crippen LogP contribution in [0.3, 0.4) is 0 Å². The van der Waals surface area contributed by atoms with Crippen LogP contribution in [0.2, 0.25) is 0 Å². The predicted octanol–water partition coefficient (Wildman–Crippen LogP) is 12.6. The summed E-state index contributed by atoms with van der Waals surface area (Å²) in [6, 6.07) is 64.4. The first-order valence-corrected chi connectivity index (χ1v) is 16.7. The van der Waals surface area contributed by atoms with Gasteiger partial charge in [0.15, 0.2) is 0 Å².